The van der Waals surface area contributed by atoms with Crippen LogP contribution in [0.1, 0.15) is 30.9 Å². The van der Waals surface area contributed by atoms with Gasteiger partial charge in [0.15, 0.2) is 0 Å². The van der Waals surface area contributed by atoms with Gasteiger partial charge in [0, 0.05) is 0 Å². The molecular formula is C15H14N2OS. The summed E-state index contributed by atoms with van der Waals surface area (Å²) in [6, 6.07) is 10.2. The SMILES string of the molecule is CC(C)c1ccc(C=C(C#N)C2=NC(=O)CS2)cc1. The number of hydrogen-bond donors (Lipinski definition) is 0. The van der Waals surface area contributed by atoms with Gasteiger partial charge in [-0.25, -0.2) is 4.99 Å². The molecule has 96 valence electrons. The fraction of sp³-hybridized carbons (Fsp3) is 0.267. The van der Waals surface area contributed by atoms with E-state index in [1.807, 2.05) is 12.1 Å². The van der Waals surface area contributed by atoms with Crippen molar-refractivity contribution in [2.75, 3.05) is 5.75 Å². The van der Waals surface area contributed by atoms with E-state index in [4.69, 9.17) is 5.26 Å². The number of nitrogens with zero attached hydrogens (tertiary/aromatic N) is 2. The summed E-state index contributed by atoms with van der Waals surface area (Å²) in [4.78, 5) is 15.0. The molecule has 0 radical (unpaired) electrons. The van der Waals surface area contributed by atoms with Crippen LogP contribution in [-0.4, -0.2) is 16.7 Å². The van der Waals surface area contributed by atoms with Gasteiger partial charge in [-0.1, -0.05) is 49.9 Å². The molecule has 0 saturated carbocycles. The topological polar surface area (TPSA) is 53.2 Å². The van der Waals surface area contributed by atoms with E-state index < -0.39 is 0 Å². The van der Waals surface area contributed by atoms with E-state index in [0.717, 1.165) is 5.56 Å². The minimum atomic E-state index is -0.170. The number of nitriles is 1. The van der Waals surface area contributed by atoms with Crippen LogP contribution in [0.3, 0.4) is 0 Å². The molecule has 0 fully saturated rings. The molecule has 4 heteroatoms. The van der Waals surface area contributed by atoms with E-state index in [2.05, 4.69) is 37.0 Å². The summed E-state index contributed by atoms with van der Waals surface area (Å²) in [6.07, 6.45) is 1.77. The Kier molecular flexibility index (Phi) is 4.18. The molecule has 0 spiro atoms. The van der Waals surface area contributed by atoms with Crippen LogP contribution in [0.25, 0.3) is 6.08 Å². The van der Waals surface area contributed by atoms with Gasteiger partial charge in [0.25, 0.3) is 5.91 Å². The largest absolute Gasteiger partial charge is 0.272 e. The number of rotatable bonds is 3. The Balaban J connectivity index is 2.26. The molecule has 0 aliphatic carbocycles. The predicted molar refractivity (Wildman–Crippen MR) is 79.0 cm³/mol. The van der Waals surface area contributed by atoms with Crippen molar-refractivity contribution in [1.82, 2.24) is 0 Å². The van der Waals surface area contributed by atoms with Crippen LogP contribution >= 0.6 is 11.8 Å². The van der Waals surface area contributed by atoms with Crippen molar-refractivity contribution in [3.63, 3.8) is 0 Å². The molecule has 1 amide bonds. The second-order valence-electron chi connectivity index (χ2n) is 4.59. The van der Waals surface area contributed by atoms with Gasteiger partial charge >= 0.3 is 0 Å². The molecule has 0 saturated heterocycles. The average Bonchev–Trinajstić information content (AvgIpc) is 2.83. The summed E-state index contributed by atoms with van der Waals surface area (Å²) in [5, 5.41) is 9.68. The molecule has 2 rings (SSSR count). The highest BCUT2D eigenvalue weighted by Crippen LogP contribution is 2.22. The standard InChI is InChI=1S/C15H14N2OS/c1-10(2)12-5-3-11(4-6-12)7-13(8-16)15-17-14(18)9-19-15/h3-7,10H,9H2,1-2H3. The van der Waals surface area contributed by atoms with Crippen LogP contribution in [0.4, 0.5) is 0 Å². The maximum absolute atomic E-state index is 11.1. The number of thioether (sulfide) groups is 1. The lowest BCUT2D eigenvalue weighted by Gasteiger charge is -2.05. The van der Waals surface area contributed by atoms with Crippen LogP contribution in [-0.2, 0) is 4.79 Å². The first-order valence-corrected chi connectivity index (χ1v) is 7.05. The molecule has 0 N–H and O–H groups in total. The van der Waals surface area contributed by atoms with Gasteiger partial charge in [-0.2, -0.15) is 5.26 Å². The normalized spacial score (nSPS) is 15.6. The van der Waals surface area contributed by atoms with Crippen molar-refractivity contribution in [2.24, 2.45) is 4.99 Å². The highest BCUT2D eigenvalue weighted by molar-refractivity contribution is 8.15. The van der Waals surface area contributed by atoms with Gasteiger partial charge in [-0.15, -0.1) is 0 Å². The van der Waals surface area contributed by atoms with Gasteiger partial charge in [-0.3, -0.25) is 4.79 Å². The van der Waals surface area contributed by atoms with Crippen LogP contribution in [0, 0.1) is 11.3 Å². The van der Waals surface area contributed by atoms with Crippen molar-refractivity contribution in [3.05, 3.63) is 41.0 Å². The zero-order valence-electron chi connectivity index (χ0n) is 10.9. The smallest absolute Gasteiger partial charge is 0.257 e. The predicted octanol–water partition coefficient (Wildman–Crippen LogP) is 3.39. The third-order valence-electron chi connectivity index (χ3n) is 2.82. The quantitative estimate of drug-likeness (QED) is 0.791. The van der Waals surface area contributed by atoms with Crippen molar-refractivity contribution < 1.29 is 4.79 Å². The van der Waals surface area contributed by atoms with Gasteiger partial charge in [0.05, 0.1) is 11.3 Å². The van der Waals surface area contributed by atoms with E-state index in [9.17, 15) is 4.79 Å². The average molecular weight is 270 g/mol. The molecule has 19 heavy (non-hydrogen) atoms. The zero-order valence-corrected chi connectivity index (χ0v) is 11.7. The maximum Gasteiger partial charge on any atom is 0.257 e. The molecule has 3 nitrogen and oxygen atoms in total. The summed E-state index contributed by atoms with van der Waals surface area (Å²) < 4.78 is 0. The molecule has 1 aliphatic rings. The molecule has 1 heterocycles. The Bertz CT molecular complexity index is 592. The van der Waals surface area contributed by atoms with Crippen molar-refractivity contribution in [3.8, 4) is 6.07 Å². The lowest BCUT2D eigenvalue weighted by Crippen LogP contribution is -1.93. The lowest BCUT2D eigenvalue weighted by atomic mass is 10.0. The Morgan fingerprint density at radius 3 is 2.58 bits per heavy atom. The zero-order chi connectivity index (χ0) is 13.8. The van der Waals surface area contributed by atoms with E-state index in [0.29, 0.717) is 22.3 Å². The van der Waals surface area contributed by atoms with E-state index in [1.165, 1.54) is 17.3 Å². The minimum Gasteiger partial charge on any atom is -0.272 e. The molecule has 1 aliphatic heterocycles. The second-order valence-corrected chi connectivity index (χ2v) is 5.55. The molecular weight excluding hydrogens is 256 g/mol. The minimum absolute atomic E-state index is 0.170. The Labute approximate surface area is 117 Å². The van der Waals surface area contributed by atoms with Crippen molar-refractivity contribution >= 4 is 28.8 Å². The summed E-state index contributed by atoms with van der Waals surface area (Å²) >= 11 is 1.32. The van der Waals surface area contributed by atoms with Crippen LogP contribution in [0.2, 0.25) is 0 Å². The van der Waals surface area contributed by atoms with E-state index in [-0.39, 0.29) is 5.91 Å². The molecule has 1 aromatic carbocycles. The highest BCUT2D eigenvalue weighted by atomic mass is 32.2. The Hall–Kier alpha value is -1.86. The summed E-state index contributed by atoms with van der Waals surface area (Å²) in [5.74, 6) is 0.651. The fourth-order valence-electron chi connectivity index (χ4n) is 1.73. The first-order valence-electron chi connectivity index (χ1n) is 6.06. The number of carbonyl (C=O) groups excluding carboxylic acids is 1. The first-order chi connectivity index (χ1) is 9.10. The number of hydrogen-bond acceptors (Lipinski definition) is 3. The van der Waals surface area contributed by atoms with Gasteiger partial charge in [0.2, 0.25) is 0 Å². The highest BCUT2D eigenvalue weighted by Gasteiger charge is 2.18. The summed E-state index contributed by atoms with van der Waals surface area (Å²) in [7, 11) is 0. The number of amides is 1. The summed E-state index contributed by atoms with van der Waals surface area (Å²) in [5.41, 5.74) is 2.66. The van der Waals surface area contributed by atoms with E-state index in [1.54, 1.807) is 6.08 Å². The van der Waals surface area contributed by atoms with Gasteiger partial charge < -0.3 is 0 Å². The first kappa shape index (κ1) is 13.6. The van der Waals surface area contributed by atoms with Crippen LogP contribution in [0.5, 0.6) is 0 Å². The third kappa shape index (κ3) is 3.33. The van der Waals surface area contributed by atoms with Crippen LogP contribution < -0.4 is 0 Å². The van der Waals surface area contributed by atoms with E-state index >= 15 is 0 Å². The molecule has 0 bridgehead atoms. The van der Waals surface area contributed by atoms with Gasteiger partial charge in [0.1, 0.15) is 11.1 Å². The molecule has 0 atom stereocenters. The number of benzene rings is 1. The molecule has 0 aromatic heterocycles. The maximum atomic E-state index is 11.1. The summed E-state index contributed by atoms with van der Waals surface area (Å²) in [6.45, 7) is 4.28. The number of aliphatic imine (C=N–C) groups is 1. The van der Waals surface area contributed by atoms with Crippen molar-refractivity contribution in [1.29, 1.82) is 5.26 Å². The molecule has 0 unspecified atom stereocenters. The lowest BCUT2D eigenvalue weighted by molar-refractivity contribution is -0.115. The fourth-order valence-corrected chi connectivity index (χ4v) is 2.48. The van der Waals surface area contributed by atoms with Crippen molar-refractivity contribution in [2.45, 2.75) is 19.8 Å². The van der Waals surface area contributed by atoms with Gasteiger partial charge in [-0.05, 0) is 23.1 Å². The monoisotopic (exact) mass is 270 g/mol. The number of carbonyl (C=O) groups is 1. The second kappa shape index (κ2) is 5.85. The van der Waals surface area contributed by atoms with Crippen LogP contribution in [0.15, 0.2) is 34.8 Å². The Morgan fingerprint density at radius 2 is 2.11 bits per heavy atom. The molecule has 1 aromatic rings. The third-order valence-corrected chi connectivity index (χ3v) is 3.80. The Morgan fingerprint density at radius 1 is 1.42 bits per heavy atom.